The van der Waals surface area contributed by atoms with Crippen LogP contribution in [0, 0.1) is 5.92 Å². The molecule has 28 heavy (non-hydrogen) atoms. The highest BCUT2D eigenvalue weighted by atomic mass is 19.4. The molecule has 2 aliphatic heterocycles. The van der Waals surface area contributed by atoms with Gasteiger partial charge in [-0.3, -0.25) is 0 Å². The molecule has 6 nitrogen and oxygen atoms in total. The summed E-state index contributed by atoms with van der Waals surface area (Å²) in [5.74, 6) is 1.31. The monoisotopic (exact) mass is 388 g/mol. The van der Waals surface area contributed by atoms with Gasteiger partial charge < -0.3 is 9.80 Å². The minimum absolute atomic E-state index is 0.0239. The van der Waals surface area contributed by atoms with Crippen molar-refractivity contribution in [2.45, 2.75) is 25.1 Å². The number of aromatic nitrogens is 4. The molecule has 0 saturated carbocycles. The first-order chi connectivity index (χ1) is 13.5. The van der Waals surface area contributed by atoms with Gasteiger partial charge in [0, 0.05) is 38.2 Å². The van der Waals surface area contributed by atoms with Crippen molar-refractivity contribution < 1.29 is 13.2 Å². The Morgan fingerprint density at radius 3 is 2.64 bits per heavy atom. The molecule has 3 aromatic rings. The highest BCUT2D eigenvalue weighted by molar-refractivity contribution is 5.69. The van der Waals surface area contributed by atoms with E-state index in [4.69, 9.17) is 0 Å². The number of nitrogens with zero attached hydrogens (tertiary/aromatic N) is 6. The van der Waals surface area contributed by atoms with Gasteiger partial charge in [-0.25, -0.2) is 14.5 Å². The van der Waals surface area contributed by atoms with Crippen LogP contribution in [0.2, 0.25) is 0 Å². The van der Waals surface area contributed by atoms with Crippen molar-refractivity contribution in [3.63, 3.8) is 0 Å². The third-order valence-corrected chi connectivity index (χ3v) is 5.83. The van der Waals surface area contributed by atoms with Crippen molar-refractivity contribution in [2.75, 3.05) is 29.4 Å². The summed E-state index contributed by atoms with van der Waals surface area (Å²) in [6.45, 7) is 1.93. The molecule has 0 bridgehead atoms. The molecule has 9 heteroatoms. The standard InChI is InChI=1S/C19H19F3N6/c20-19(21,22)14-2-1-6-23-17(14)26-9-4-13-5-10-27(16(13)12-26)18-15-3-7-25-28(15)11-8-24-18/h1-3,6-8,11,13,16H,4-5,9-10,12H2. The van der Waals surface area contributed by atoms with Crippen molar-refractivity contribution >= 4 is 17.2 Å². The third-order valence-electron chi connectivity index (χ3n) is 5.83. The molecule has 0 spiro atoms. The lowest BCUT2D eigenvalue weighted by atomic mass is 9.92. The number of hydrogen-bond donors (Lipinski definition) is 0. The number of hydrogen-bond acceptors (Lipinski definition) is 5. The molecule has 0 aromatic carbocycles. The van der Waals surface area contributed by atoms with E-state index in [1.807, 2.05) is 6.07 Å². The molecule has 2 unspecified atom stereocenters. The Balaban J connectivity index is 1.48. The predicted molar refractivity (Wildman–Crippen MR) is 98.3 cm³/mol. The average molecular weight is 388 g/mol. The van der Waals surface area contributed by atoms with Crippen LogP contribution in [-0.4, -0.2) is 45.3 Å². The highest BCUT2D eigenvalue weighted by Crippen LogP contribution is 2.40. The summed E-state index contributed by atoms with van der Waals surface area (Å²) in [6.07, 6.45) is 4.11. The second-order valence-electron chi connectivity index (χ2n) is 7.33. The van der Waals surface area contributed by atoms with Gasteiger partial charge in [0.1, 0.15) is 11.3 Å². The van der Waals surface area contributed by atoms with Gasteiger partial charge in [-0.1, -0.05) is 0 Å². The zero-order valence-corrected chi connectivity index (χ0v) is 15.0. The van der Waals surface area contributed by atoms with Gasteiger partial charge in [0.15, 0.2) is 5.82 Å². The number of halogens is 3. The summed E-state index contributed by atoms with van der Waals surface area (Å²) in [4.78, 5) is 12.6. The Morgan fingerprint density at radius 2 is 1.79 bits per heavy atom. The van der Waals surface area contributed by atoms with E-state index in [0.717, 1.165) is 36.8 Å². The first-order valence-electron chi connectivity index (χ1n) is 9.34. The van der Waals surface area contributed by atoms with Gasteiger partial charge in [0.25, 0.3) is 0 Å². The fourth-order valence-electron chi connectivity index (χ4n) is 4.53. The van der Waals surface area contributed by atoms with Crippen molar-refractivity contribution in [3.05, 3.63) is 48.5 Å². The van der Waals surface area contributed by atoms with Gasteiger partial charge in [-0.05, 0) is 37.0 Å². The van der Waals surface area contributed by atoms with Gasteiger partial charge in [0.05, 0.1) is 17.8 Å². The molecular formula is C19H19F3N6. The summed E-state index contributed by atoms with van der Waals surface area (Å²) < 4.78 is 42.1. The Kier molecular flexibility index (Phi) is 3.92. The molecule has 5 heterocycles. The van der Waals surface area contributed by atoms with Crippen molar-refractivity contribution in [1.82, 2.24) is 19.6 Å². The second-order valence-corrected chi connectivity index (χ2v) is 7.33. The first-order valence-corrected chi connectivity index (χ1v) is 9.34. The topological polar surface area (TPSA) is 49.6 Å². The fraction of sp³-hybridized carbons (Fsp3) is 0.421. The van der Waals surface area contributed by atoms with E-state index < -0.39 is 11.7 Å². The minimum atomic E-state index is -4.42. The molecule has 2 fully saturated rings. The molecular weight excluding hydrogens is 369 g/mol. The van der Waals surface area contributed by atoms with Crippen LogP contribution in [0.3, 0.4) is 0 Å². The Bertz CT molecular complexity index is 1000. The largest absolute Gasteiger partial charge is 0.419 e. The molecule has 2 aliphatic rings. The summed E-state index contributed by atoms with van der Waals surface area (Å²) >= 11 is 0. The summed E-state index contributed by atoms with van der Waals surface area (Å²) in [5.41, 5.74) is 0.239. The zero-order chi connectivity index (χ0) is 19.3. The third kappa shape index (κ3) is 2.76. The maximum atomic E-state index is 13.5. The molecule has 0 radical (unpaired) electrons. The lowest BCUT2D eigenvalue weighted by Gasteiger charge is -2.40. The van der Waals surface area contributed by atoms with Crippen LogP contribution in [-0.2, 0) is 6.18 Å². The van der Waals surface area contributed by atoms with Crippen LogP contribution >= 0.6 is 0 Å². The smallest absolute Gasteiger partial charge is 0.354 e. The van der Waals surface area contributed by atoms with Gasteiger partial charge in [-0.2, -0.15) is 18.3 Å². The molecule has 2 saturated heterocycles. The van der Waals surface area contributed by atoms with Crippen LogP contribution in [0.4, 0.5) is 24.8 Å². The van der Waals surface area contributed by atoms with Crippen LogP contribution in [0.1, 0.15) is 18.4 Å². The van der Waals surface area contributed by atoms with Gasteiger partial charge in [-0.15, -0.1) is 0 Å². The highest BCUT2D eigenvalue weighted by Gasteiger charge is 2.42. The fourth-order valence-corrected chi connectivity index (χ4v) is 4.53. The minimum Gasteiger partial charge on any atom is -0.354 e. The maximum Gasteiger partial charge on any atom is 0.419 e. The predicted octanol–water partition coefficient (Wildman–Crippen LogP) is 3.25. The lowest BCUT2D eigenvalue weighted by Crippen LogP contribution is -2.49. The van der Waals surface area contributed by atoms with E-state index in [-0.39, 0.29) is 11.9 Å². The molecule has 3 aromatic heterocycles. The Labute approximate surface area is 159 Å². The molecule has 0 N–H and O–H groups in total. The molecule has 2 atom stereocenters. The number of rotatable bonds is 2. The van der Waals surface area contributed by atoms with E-state index in [1.165, 1.54) is 12.3 Å². The SMILES string of the molecule is FC(F)(F)c1cccnc1N1CCC2CCN(c3nccn4nccc34)C2C1. The second kappa shape index (κ2) is 6.35. The van der Waals surface area contributed by atoms with Crippen LogP contribution < -0.4 is 9.80 Å². The number of piperidine rings is 1. The van der Waals surface area contributed by atoms with Crippen molar-refractivity contribution in [3.8, 4) is 0 Å². The molecule has 146 valence electrons. The van der Waals surface area contributed by atoms with Crippen LogP contribution in [0.25, 0.3) is 5.52 Å². The number of anilines is 2. The summed E-state index contributed by atoms with van der Waals surface area (Å²) in [5, 5.41) is 4.26. The van der Waals surface area contributed by atoms with E-state index in [9.17, 15) is 13.2 Å². The maximum absolute atomic E-state index is 13.5. The van der Waals surface area contributed by atoms with Gasteiger partial charge >= 0.3 is 6.18 Å². The van der Waals surface area contributed by atoms with E-state index in [1.54, 1.807) is 28.0 Å². The van der Waals surface area contributed by atoms with Crippen LogP contribution in [0.15, 0.2) is 43.0 Å². The molecule has 5 rings (SSSR count). The normalized spacial score (nSPS) is 22.7. The Hall–Kier alpha value is -2.84. The average Bonchev–Trinajstić information content (AvgIpc) is 3.33. The van der Waals surface area contributed by atoms with E-state index >= 15 is 0 Å². The lowest BCUT2D eigenvalue weighted by molar-refractivity contribution is -0.137. The number of alkyl halides is 3. The molecule has 0 aliphatic carbocycles. The van der Waals surface area contributed by atoms with Gasteiger partial charge in [0.2, 0.25) is 0 Å². The number of pyridine rings is 1. The van der Waals surface area contributed by atoms with Crippen molar-refractivity contribution in [2.24, 2.45) is 5.92 Å². The van der Waals surface area contributed by atoms with Crippen molar-refractivity contribution in [1.29, 1.82) is 0 Å². The quantitative estimate of drug-likeness (QED) is 0.675. The Morgan fingerprint density at radius 1 is 0.964 bits per heavy atom. The zero-order valence-electron chi connectivity index (χ0n) is 15.0. The summed E-state index contributed by atoms with van der Waals surface area (Å²) in [6, 6.07) is 4.46. The molecule has 0 amide bonds. The number of fused-ring (bicyclic) bond motifs is 2. The van der Waals surface area contributed by atoms with E-state index in [2.05, 4.69) is 20.0 Å². The first kappa shape index (κ1) is 17.3. The summed E-state index contributed by atoms with van der Waals surface area (Å²) in [7, 11) is 0. The van der Waals surface area contributed by atoms with E-state index in [0.29, 0.717) is 19.0 Å². The van der Waals surface area contributed by atoms with Crippen LogP contribution in [0.5, 0.6) is 0 Å².